The number of halogens is 2. The molecular formula is C12H13ClFNO3. The van der Waals surface area contributed by atoms with Crippen LogP contribution in [0.2, 0.25) is 5.02 Å². The highest BCUT2D eigenvalue weighted by atomic mass is 35.5. The van der Waals surface area contributed by atoms with Crippen LogP contribution < -0.4 is 5.32 Å². The van der Waals surface area contributed by atoms with Crippen LogP contribution in [0.5, 0.6) is 0 Å². The summed E-state index contributed by atoms with van der Waals surface area (Å²) in [5.74, 6) is -2.44. The van der Waals surface area contributed by atoms with Crippen LogP contribution in [0.15, 0.2) is 18.2 Å². The van der Waals surface area contributed by atoms with E-state index in [1.807, 2.05) is 0 Å². The van der Waals surface area contributed by atoms with Crippen molar-refractivity contribution in [2.75, 3.05) is 6.54 Å². The highest BCUT2D eigenvalue weighted by Crippen LogP contribution is 2.16. The Kier molecular flexibility index (Phi) is 4.29. The Morgan fingerprint density at radius 2 is 2.06 bits per heavy atom. The molecule has 0 aliphatic carbocycles. The zero-order valence-corrected chi connectivity index (χ0v) is 10.7. The summed E-state index contributed by atoms with van der Waals surface area (Å²) in [6, 6.07) is 3.61. The molecule has 0 heterocycles. The van der Waals surface area contributed by atoms with Crippen LogP contribution in [0.1, 0.15) is 24.2 Å². The van der Waals surface area contributed by atoms with E-state index in [2.05, 4.69) is 5.32 Å². The van der Waals surface area contributed by atoms with E-state index in [9.17, 15) is 14.0 Å². The van der Waals surface area contributed by atoms with Gasteiger partial charge in [0.15, 0.2) is 0 Å². The highest BCUT2D eigenvalue weighted by molar-refractivity contribution is 6.31. The van der Waals surface area contributed by atoms with Gasteiger partial charge < -0.3 is 10.4 Å². The van der Waals surface area contributed by atoms with E-state index in [1.165, 1.54) is 26.0 Å². The molecule has 0 radical (unpaired) electrons. The Labute approximate surface area is 109 Å². The van der Waals surface area contributed by atoms with E-state index in [4.69, 9.17) is 16.7 Å². The number of benzene rings is 1. The molecule has 2 N–H and O–H groups in total. The van der Waals surface area contributed by atoms with Gasteiger partial charge in [0.1, 0.15) is 5.82 Å². The van der Waals surface area contributed by atoms with Crippen molar-refractivity contribution in [3.8, 4) is 0 Å². The quantitative estimate of drug-likeness (QED) is 0.885. The molecule has 0 aliphatic rings. The smallest absolute Gasteiger partial charge is 0.310 e. The number of hydrogen-bond donors (Lipinski definition) is 2. The van der Waals surface area contributed by atoms with Crippen molar-refractivity contribution >= 4 is 23.5 Å². The summed E-state index contributed by atoms with van der Waals surface area (Å²) in [5, 5.41) is 11.5. The molecule has 0 aliphatic heterocycles. The summed E-state index contributed by atoms with van der Waals surface area (Å²) >= 11 is 5.66. The minimum Gasteiger partial charge on any atom is -0.481 e. The summed E-state index contributed by atoms with van der Waals surface area (Å²) in [6.07, 6.45) is 0. The third kappa shape index (κ3) is 3.43. The van der Waals surface area contributed by atoms with Crippen LogP contribution in [0, 0.1) is 11.2 Å². The minimum atomic E-state index is -1.12. The molecule has 0 spiro atoms. The van der Waals surface area contributed by atoms with Crippen LogP contribution in [0.3, 0.4) is 0 Å². The van der Waals surface area contributed by atoms with Crippen LogP contribution >= 0.6 is 11.6 Å². The molecule has 18 heavy (non-hydrogen) atoms. The Morgan fingerprint density at radius 1 is 1.44 bits per heavy atom. The Hall–Kier alpha value is -1.62. The first kappa shape index (κ1) is 14.4. The maximum absolute atomic E-state index is 13.4. The number of carboxylic acid groups (broad SMARTS) is 1. The summed E-state index contributed by atoms with van der Waals surface area (Å²) in [4.78, 5) is 22.5. The van der Waals surface area contributed by atoms with Crippen molar-refractivity contribution in [1.29, 1.82) is 0 Å². The molecule has 0 atom stereocenters. The number of nitrogens with one attached hydrogen (secondary N) is 1. The summed E-state index contributed by atoms with van der Waals surface area (Å²) < 4.78 is 13.4. The zero-order chi connectivity index (χ0) is 13.9. The van der Waals surface area contributed by atoms with Gasteiger partial charge in [-0.2, -0.15) is 0 Å². The fraction of sp³-hybridized carbons (Fsp3) is 0.333. The molecule has 1 aromatic carbocycles. The highest BCUT2D eigenvalue weighted by Gasteiger charge is 2.28. The second-order valence-corrected chi connectivity index (χ2v) is 4.93. The lowest BCUT2D eigenvalue weighted by Crippen LogP contribution is -2.39. The first-order chi connectivity index (χ1) is 8.24. The van der Waals surface area contributed by atoms with Gasteiger partial charge in [-0.1, -0.05) is 11.6 Å². The van der Waals surface area contributed by atoms with Gasteiger partial charge >= 0.3 is 5.97 Å². The third-order valence-corrected chi connectivity index (χ3v) is 2.68. The molecule has 0 unspecified atom stereocenters. The van der Waals surface area contributed by atoms with E-state index in [0.717, 1.165) is 6.07 Å². The molecule has 0 bridgehead atoms. The van der Waals surface area contributed by atoms with Crippen molar-refractivity contribution < 1.29 is 19.1 Å². The average molecular weight is 274 g/mol. The van der Waals surface area contributed by atoms with Crippen molar-refractivity contribution in [2.24, 2.45) is 5.41 Å². The molecule has 4 nitrogen and oxygen atoms in total. The van der Waals surface area contributed by atoms with Gasteiger partial charge in [0.2, 0.25) is 0 Å². The van der Waals surface area contributed by atoms with Crippen molar-refractivity contribution in [1.82, 2.24) is 5.32 Å². The average Bonchev–Trinajstić information content (AvgIpc) is 2.29. The molecule has 0 aromatic heterocycles. The lowest BCUT2D eigenvalue weighted by atomic mass is 9.94. The number of carboxylic acids is 1. The van der Waals surface area contributed by atoms with Gasteiger partial charge in [0, 0.05) is 11.6 Å². The second kappa shape index (κ2) is 5.35. The number of aliphatic carboxylic acids is 1. The van der Waals surface area contributed by atoms with Crippen molar-refractivity contribution in [2.45, 2.75) is 13.8 Å². The van der Waals surface area contributed by atoms with Crippen molar-refractivity contribution in [3.63, 3.8) is 0 Å². The first-order valence-electron chi connectivity index (χ1n) is 5.20. The lowest BCUT2D eigenvalue weighted by molar-refractivity contribution is -0.146. The number of rotatable bonds is 4. The zero-order valence-electron chi connectivity index (χ0n) is 9.96. The van der Waals surface area contributed by atoms with E-state index in [-0.39, 0.29) is 17.1 Å². The van der Waals surface area contributed by atoms with Crippen LogP contribution in [-0.4, -0.2) is 23.5 Å². The van der Waals surface area contributed by atoms with Gasteiger partial charge in [0.05, 0.1) is 11.0 Å². The molecular weight excluding hydrogens is 261 g/mol. The van der Waals surface area contributed by atoms with Gasteiger partial charge in [-0.25, -0.2) is 4.39 Å². The SMILES string of the molecule is CC(C)(CNC(=O)c1cc(Cl)ccc1F)C(=O)O. The number of amides is 1. The largest absolute Gasteiger partial charge is 0.481 e. The van der Waals surface area contributed by atoms with E-state index < -0.39 is 23.1 Å². The topological polar surface area (TPSA) is 66.4 Å². The monoisotopic (exact) mass is 273 g/mol. The predicted molar refractivity (Wildman–Crippen MR) is 65.2 cm³/mol. The summed E-state index contributed by atoms with van der Waals surface area (Å²) in [5.41, 5.74) is -1.33. The van der Waals surface area contributed by atoms with Gasteiger partial charge in [0.25, 0.3) is 5.91 Å². The van der Waals surface area contributed by atoms with Crippen molar-refractivity contribution in [3.05, 3.63) is 34.6 Å². The van der Waals surface area contributed by atoms with E-state index in [1.54, 1.807) is 0 Å². The summed E-state index contributed by atoms with van der Waals surface area (Å²) in [7, 11) is 0. The molecule has 6 heteroatoms. The molecule has 1 aromatic rings. The second-order valence-electron chi connectivity index (χ2n) is 4.50. The fourth-order valence-electron chi connectivity index (χ4n) is 1.14. The lowest BCUT2D eigenvalue weighted by Gasteiger charge is -2.19. The molecule has 0 saturated heterocycles. The molecule has 0 saturated carbocycles. The Morgan fingerprint density at radius 3 is 2.61 bits per heavy atom. The predicted octanol–water partition coefficient (Wildman–Crippen LogP) is 2.32. The van der Waals surface area contributed by atoms with Crippen LogP contribution in [0.25, 0.3) is 0 Å². The maximum Gasteiger partial charge on any atom is 0.310 e. The van der Waals surface area contributed by atoms with Crippen LogP contribution in [-0.2, 0) is 4.79 Å². The maximum atomic E-state index is 13.4. The third-order valence-electron chi connectivity index (χ3n) is 2.44. The Bertz CT molecular complexity index is 488. The Balaban J connectivity index is 2.78. The fourth-order valence-corrected chi connectivity index (χ4v) is 1.32. The van der Waals surface area contributed by atoms with Gasteiger partial charge in [-0.15, -0.1) is 0 Å². The van der Waals surface area contributed by atoms with E-state index in [0.29, 0.717) is 0 Å². The van der Waals surface area contributed by atoms with Gasteiger partial charge in [-0.05, 0) is 32.0 Å². The number of carbonyl (C=O) groups is 2. The molecule has 0 fully saturated rings. The van der Waals surface area contributed by atoms with Gasteiger partial charge in [-0.3, -0.25) is 9.59 Å². The van der Waals surface area contributed by atoms with E-state index >= 15 is 0 Å². The standard InChI is InChI=1S/C12H13ClFNO3/c1-12(2,11(17)18)6-15-10(16)8-5-7(13)3-4-9(8)14/h3-5H,6H2,1-2H3,(H,15,16)(H,17,18). The molecule has 1 rings (SSSR count). The summed E-state index contributed by atoms with van der Waals surface area (Å²) in [6.45, 7) is 2.82. The molecule has 1 amide bonds. The van der Waals surface area contributed by atoms with Crippen LogP contribution in [0.4, 0.5) is 4.39 Å². The first-order valence-corrected chi connectivity index (χ1v) is 5.58. The minimum absolute atomic E-state index is 0.104. The number of hydrogen-bond acceptors (Lipinski definition) is 2. The molecule has 98 valence electrons. The normalized spacial score (nSPS) is 11.1. The number of carbonyl (C=O) groups excluding carboxylic acids is 1.